The number of hydrogen-bond acceptors (Lipinski definition) is 6. The number of nitrogens with one attached hydrogen (secondary N) is 1. The summed E-state index contributed by atoms with van der Waals surface area (Å²) < 4.78 is 4.91. The van der Waals surface area contributed by atoms with E-state index in [1.807, 2.05) is 0 Å². The van der Waals surface area contributed by atoms with Gasteiger partial charge in [0.15, 0.2) is 12.4 Å². The fraction of sp³-hybridized carbons (Fsp3) is 0.450. The smallest absolute Gasteiger partial charge is 0.326 e. The van der Waals surface area contributed by atoms with Gasteiger partial charge in [-0.25, -0.2) is 0 Å². The minimum absolute atomic E-state index is 0.208. The zero-order valence-corrected chi connectivity index (χ0v) is 15.6. The number of carbonyl (C=O) groups is 5. The van der Waals surface area contributed by atoms with Crippen LogP contribution in [0, 0.1) is 11.8 Å². The van der Waals surface area contributed by atoms with Gasteiger partial charge in [0.05, 0.1) is 17.5 Å². The van der Waals surface area contributed by atoms with Crippen molar-refractivity contribution < 1.29 is 28.7 Å². The van der Waals surface area contributed by atoms with Crippen LogP contribution in [0.5, 0.6) is 0 Å². The van der Waals surface area contributed by atoms with E-state index in [1.54, 1.807) is 24.3 Å². The molecule has 8 heteroatoms. The molecule has 148 valence electrons. The number of ether oxygens (including phenoxy) is 1. The molecule has 3 rings (SSSR count). The van der Waals surface area contributed by atoms with Crippen molar-refractivity contribution in [2.75, 3.05) is 18.5 Å². The number of Topliss-reactive ketones (excluding diaryl/α,β-unsaturated/α-hetero) is 1. The van der Waals surface area contributed by atoms with E-state index in [4.69, 9.17) is 4.74 Å². The lowest BCUT2D eigenvalue weighted by atomic mass is 9.81. The van der Waals surface area contributed by atoms with Gasteiger partial charge in [0.25, 0.3) is 5.91 Å². The standard InChI is InChI=1S/C20H22N2O6/c1-12(23)13-6-4-5-9-16(13)21-17(24)11-28-18(25)10-22-19(26)14-7-2-3-8-15(14)20(22)27/h4-6,9,14-15H,2-3,7-8,10-11H2,1H3,(H,21,24)/t14-,15+. The van der Waals surface area contributed by atoms with Gasteiger partial charge >= 0.3 is 5.97 Å². The van der Waals surface area contributed by atoms with Crippen molar-refractivity contribution in [3.05, 3.63) is 29.8 Å². The Hall–Kier alpha value is -3.03. The number of benzene rings is 1. The summed E-state index contributed by atoms with van der Waals surface area (Å²) in [5.74, 6) is -2.97. The molecule has 1 aromatic carbocycles. The third-order valence-electron chi connectivity index (χ3n) is 5.16. The maximum atomic E-state index is 12.4. The van der Waals surface area contributed by atoms with E-state index < -0.39 is 25.0 Å². The van der Waals surface area contributed by atoms with E-state index in [0.717, 1.165) is 17.7 Å². The minimum Gasteiger partial charge on any atom is -0.454 e. The molecule has 0 spiro atoms. The molecule has 1 aliphatic heterocycles. The predicted octanol–water partition coefficient (Wildman–Crippen LogP) is 1.55. The number of likely N-dealkylation sites (tertiary alicyclic amines) is 1. The molecule has 2 fully saturated rings. The molecule has 1 aromatic rings. The Labute approximate surface area is 162 Å². The molecule has 1 aliphatic carbocycles. The van der Waals surface area contributed by atoms with E-state index in [-0.39, 0.29) is 29.4 Å². The molecule has 0 aromatic heterocycles. The second-order valence-corrected chi connectivity index (χ2v) is 7.07. The average molecular weight is 386 g/mol. The summed E-state index contributed by atoms with van der Waals surface area (Å²) in [6.07, 6.45) is 3.14. The van der Waals surface area contributed by atoms with Crippen LogP contribution in [-0.2, 0) is 23.9 Å². The summed E-state index contributed by atoms with van der Waals surface area (Å²) in [7, 11) is 0. The molecule has 1 saturated heterocycles. The summed E-state index contributed by atoms with van der Waals surface area (Å²) in [5.41, 5.74) is 0.670. The summed E-state index contributed by atoms with van der Waals surface area (Å²) >= 11 is 0. The van der Waals surface area contributed by atoms with Gasteiger partial charge in [0, 0.05) is 5.56 Å². The minimum atomic E-state index is -0.824. The number of esters is 1. The maximum Gasteiger partial charge on any atom is 0.326 e. The SMILES string of the molecule is CC(=O)c1ccccc1NC(=O)COC(=O)CN1C(=O)[C@H]2CCCC[C@H]2C1=O. The van der Waals surface area contributed by atoms with Crippen molar-refractivity contribution in [3.8, 4) is 0 Å². The predicted molar refractivity (Wildman–Crippen MR) is 98.2 cm³/mol. The number of para-hydroxylation sites is 1. The Morgan fingerprint density at radius 1 is 1.07 bits per heavy atom. The molecular weight excluding hydrogens is 364 g/mol. The van der Waals surface area contributed by atoms with Crippen molar-refractivity contribution >= 4 is 35.2 Å². The molecular formula is C20H22N2O6. The number of nitrogens with zero attached hydrogens (tertiary/aromatic N) is 1. The van der Waals surface area contributed by atoms with Crippen LogP contribution in [0.15, 0.2) is 24.3 Å². The molecule has 0 unspecified atom stereocenters. The Morgan fingerprint density at radius 3 is 2.29 bits per heavy atom. The number of carbonyl (C=O) groups excluding carboxylic acids is 5. The van der Waals surface area contributed by atoms with E-state index in [9.17, 15) is 24.0 Å². The Balaban J connectivity index is 1.52. The lowest BCUT2D eigenvalue weighted by molar-refractivity contribution is -0.154. The molecule has 1 saturated carbocycles. The van der Waals surface area contributed by atoms with Crippen molar-refractivity contribution in [3.63, 3.8) is 0 Å². The number of ketones is 1. The largest absolute Gasteiger partial charge is 0.454 e. The zero-order valence-electron chi connectivity index (χ0n) is 15.6. The number of fused-ring (bicyclic) bond motifs is 1. The van der Waals surface area contributed by atoms with Crippen molar-refractivity contribution in [1.82, 2.24) is 4.90 Å². The van der Waals surface area contributed by atoms with Gasteiger partial charge in [-0.15, -0.1) is 0 Å². The van der Waals surface area contributed by atoms with Crippen LogP contribution in [-0.4, -0.2) is 47.5 Å². The van der Waals surface area contributed by atoms with Gasteiger partial charge in [0.1, 0.15) is 6.54 Å². The van der Waals surface area contributed by atoms with E-state index in [0.29, 0.717) is 24.1 Å². The summed E-state index contributed by atoms with van der Waals surface area (Å²) in [4.78, 5) is 61.3. The second-order valence-electron chi connectivity index (χ2n) is 7.07. The number of hydrogen-bond donors (Lipinski definition) is 1. The van der Waals surface area contributed by atoms with Crippen LogP contribution in [0.25, 0.3) is 0 Å². The van der Waals surface area contributed by atoms with Crippen LogP contribution in [0.2, 0.25) is 0 Å². The highest BCUT2D eigenvalue weighted by molar-refractivity contribution is 6.07. The molecule has 2 atom stereocenters. The number of rotatable bonds is 6. The Morgan fingerprint density at radius 2 is 1.68 bits per heavy atom. The molecule has 2 aliphatic rings. The van der Waals surface area contributed by atoms with Gasteiger partial charge < -0.3 is 10.1 Å². The van der Waals surface area contributed by atoms with Crippen LogP contribution >= 0.6 is 0 Å². The molecule has 8 nitrogen and oxygen atoms in total. The topological polar surface area (TPSA) is 110 Å². The highest BCUT2D eigenvalue weighted by Crippen LogP contribution is 2.37. The first kappa shape index (κ1) is 19.7. The first-order valence-corrected chi connectivity index (χ1v) is 9.29. The molecule has 1 N–H and O–H groups in total. The third-order valence-corrected chi connectivity index (χ3v) is 5.16. The molecule has 0 bridgehead atoms. The fourth-order valence-corrected chi connectivity index (χ4v) is 3.79. The van der Waals surface area contributed by atoms with Crippen LogP contribution in [0.1, 0.15) is 43.0 Å². The molecule has 1 heterocycles. The van der Waals surface area contributed by atoms with Crippen LogP contribution < -0.4 is 5.32 Å². The van der Waals surface area contributed by atoms with E-state index in [1.165, 1.54) is 6.92 Å². The van der Waals surface area contributed by atoms with Gasteiger partial charge in [-0.3, -0.25) is 28.9 Å². The van der Waals surface area contributed by atoms with Gasteiger partial charge in [-0.2, -0.15) is 0 Å². The highest BCUT2D eigenvalue weighted by atomic mass is 16.5. The van der Waals surface area contributed by atoms with Crippen molar-refractivity contribution in [2.45, 2.75) is 32.6 Å². The van der Waals surface area contributed by atoms with E-state index in [2.05, 4.69) is 5.32 Å². The average Bonchev–Trinajstić information content (AvgIpc) is 2.92. The number of anilines is 1. The normalized spacial score (nSPS) is 21.2. The van der Waals surface area contributed by atoms with Crippen molar-refractivity contribution in [1.29, 1.82) is 0 Å². The first-order chi connectivity index (χ1) is 13.4. The van der Waals surface area contributed by atoms with Crippen LogP contribution in [0.3, 0.4) is 0 Å². The summed E-state index contributed by atoms with van der Waals surface area (Å²) in [5, 5.41) is 2.51. The quantitative estimate of drug-likeness (QED) is 0.451. The third kappa shape index (κ3) is 4.11. The second kappa shape index (κ2) is 8.33. The van der Waals surface area contributed by atoms with Crippen LogP contribution in [0.4, 0.5) is 5.69 Å². The lowest BCUT2D eigenvalue weighted by Crippen LogP contribution is -2.37. The van der Waals surface area contributed by atoms with Gasteiger partial charge in [0.2, 0.25) is 11.8 Å². The number of imide groups is 1. The molecule has 0 radical (unpaired) electrons. The highest BCUT2D eigenvalue weighted by Gasteiger charge is 2.48. The first-order valence-electron chi connectivity index (χ1n) is 9.29. The Kier molecular flexibility index (Phi) is 5.87. The fourth-order valence-electron chi connectivity index (χ4n) is 3.79. The Bertz CT molecular complexity index is 810. The number of amides is 3. The lowest BCUT2D eigenvalue weighted by Gasteiger charge is -2.19. The molecule has 28 heavy (non-hydrogen) atoms. The summed E-state index contributed by atoms with van der Waals surface area (Å²) in [6.45, 7) is 0.322. The summed E-state index contributed by atoms with van der Waals surface area (Å²) in [6, 6.07) is 6.49. The molecule has 3 amide bonds. The monoisotopic (exact) mass is 386 g/mol. The van der Waals surface area contributed by atoms with Gasteiger partial charge in [-0.1, -0.05) is 25.0 Å². The maximum absolute atomic E-state index is 12.4. The van der Waals surface area contributed by atoms with Gasteiger partial charge in [-0.05, 0) is 31.9 Å². The van der Waals surface area contributed by atoms with E-state index >= 15 is 0 Å². The zero-order chi connectivity index (χ0) is 20.3. The van der Waals surface area contributed by atoms with Crippen molar-refractivity contribution in [2.24, 2.45) is 11.8 Å².